The highest BCUT2D eigenvalue weighted by atomic mass is 32.1. The second kappa shape index (κ2) is 6.02. The molecule has 0 bridgehead atoms. The topological polar surface area (TPSA) is 46.9 Å². The van der Waals surface area contributed by atoms with E-state index in [4.69, 9.17) is 0 Å². The van der Waals surface area contributed by atoms with Crippen LogP contribution < -0.4 is 5.32 Å². The number of rotatable bonds is 3. The van der Waals surface area contributed by atoms with Gasteiger partial charge in [-0.1, -0.05) is 19.3 Å². The van der Waals surface area contributed by atoms with Crippen molar-refractivity contribution in [2.75, 3.05) is 5.32 Å². The molecular weight excluding hydrogens is 282 g/mol. The average molecular weight is 303 g/mol. The summed E-state index contributed by atoms with van der Waals surface area (Å²) in [5.41, 5.74) is 0.772. The van der Waals surface area contributed by atoms with E-state index in [0.29, 0.717) is 6.04 Å². The lowest BCUT2D eigenvalue weighted by molar-refractivity contribution is 0.102. The molecule has 3 rings (SSSR count). The predicted molar refractivity (Wildman–Crippen MR) is 86.1 cm³/mol. The van der Waals surface area contributed by atoms with Gasteiger partial charge in [0.1, 0.15) is 5.82 Å². The third-order valence-corrected chi connectivity index (χ3v) is 5.08. The SMILES string of the molecule is Cc1cc(C(=O)Nc2ccnn2C2CCCCC2)c(C)s1. The second-order valence-corrected chi connectivity index (χ2v) is 7.19. The third kappa shape index (κ3) is 3.02. The van der Waals surface area contributed by atoms with Gasteiger partial charge in [-0.3, -0.25) is 4.79 Å². The van der Waals surface area contributed by atoms with Crippen molar-refractivity contribution >= 4 is 23.1 Å². The van der Waals surface area contributed by atoms with Gasteiger partial charge in [-0.25, -0.2) is 4.68 Å². The first-order valence-corrected chi connectivity index (χ1v) is 8.38. The molecule has 2 heterocycles. The number of nitrogens with one attached hydrogen (secondary N) is 1. The molecule has 1 amide bonds. The minimum atomic E-state index is -0.0330. The third-order valence-electron chi connectivity index (χ3n) is 4.12. The van der Waals surface area contributed by atoms with Crippen LogP contribution in [0.25, 0.3) is 0 Å². The molecule has 2 aromatic heterocycles. The highest BCUT2D eigenvalue weighted by Crippen LogP contribution is 2.30. The van der Waals surface area contributed by atoms with Crippen molar-refractivity contribution in [3.63, 3.8) is 0 Å². The Hall–Kier alpha value is -1.62. The molecule has 0 aromatic carbocycles. The lowest BCUT2D eigenvalue weighted by Gasteiger charge is -2.23. The monoisotopic (exact) mass is 303 g/mol. The van der Waals surface area contributed by atoms with Crippen molar-refractivity contribution in [3.8, 4) is 0 Å². The van der Waals surface area contributed by atoms with Gasteiger partial charge in [-0.05, 0) is 32.8 Å². The summed E-state index contributed by atoms with van der Waals surface area (Å²) in [6.45, 7) is 4.02. The van der Waals surface area contributed by atoms with Gasteiger partial charge in [-0.15, -0.1) is 11.3 Å². The maximum absolute atomic E-state index is 12.4. The molecule has 112 valence electrons. The summed E-state index contributed by atoms with van der Waals surface area (Å²) in [5, 5.41) is 7.45. The molecule has 4 nitrogen and oxygen atoms in total. The fourth-order valence-electron chi connectivity index (χ4n) is 3.07. The van der Waals surface area contributed by atoms with Crippen LogP contribution in [-0.4, -0.2) is 15.7 Å². The number of hydrogen-bond acceptors (Lipinski definition) is 3. The first-order chi connectivity index (χ1) is 10.1. The molecular formula is C16H21N3OS. The Labute approximate surface area is 129 Å². The van der Waals surface area contributed by atoms with E-state index in [1.807, 2.05) is 30.7 Å². The molecule has 21 heavy (non-hydrogen) atoms. The lowest BCUT2D eigenvalue weighted by atomic mass is 9.96. The van der Waals surface area contributed by atoms with Gasteiger partial charge in [0, 0.05) is 15.8 Å². The first kappa shape index (κ1) is 14.3. The molecule has 0 atom stereocenters. The summed E-state index contributed by atoms with van der Waals surface area (Å²) in [5.74, 6) is 0.782. The molecule has 1 N–H and O–H groups in total. The molecule has 0 unspecified atom stereocenters. The molecule has 5 heteroatoms. The Morgan fingerprint density at radius 2 is 2.10 bits per heavy atom. The number of aromatic nitrogens is 2. The molecule has 0 aliphatic heterocycles. The van der Waals surface area contributed by atoms with Crippen LogP contribution in [0.4, 0.5) is 5.82 Å². The Morgan fingerprint density at radius 3 is 2.76 bits per heavy atom. The van der Waals surface area contributed by atoms with Gasteiger partial charge in [0.25, 0.3) is 5.91 Å². The largest absolute Gasteiger partial charge is 0.307 e. The predicted octanol–water partition coefficient (Wildman–Crippen LogP) is 4.32. The molecule has 1 aliphatic carbocycles. The van der Waals surface area contributed by atoms with Crippen molar-refractivity contribution in [2.45, 2.75) is 52.0 Å². The van der Waals surface area contributed by atoms with Gasteiger partial charge < -0.3 is 5.32 Å². The summed E-state index contributed by atoms with van der Waals surface area (Å²) < 4.78 is 1.99. The second-order valence-electron chi connectivity index (χ2n) is 5.73. The minimum Gasteiger partial charge on any atom is -0.307 e. The minimum absolute atomic E-state index is 0.0330. The summed E-state index contributed by atoms with van der Waals surface area (Å²) in [6.07, 6.45) is 7.90. The van der Waals surface area contributed by atoms with Crippen LogP contribution in [0.1, 0.15) is 58.3 Å². The van der Waals surface area contributed by atoms with Crippen LogP contribution >= 0.6 is 11.3 Å². The molecule has 1 fully saturated rings. The maximum Gasteiger partial charge on any atom is 0.257 e. The summed E-state index contributed by atoms with van der Waals surface area (Å²) >= 11 is 1.66. The van der Waals surface area contributed by atoms with Crippen molar-refractivity contribution in [3.05, 3.63) is 33.6 Å². The average Bonchev–Trinajstić information content (AvgIpc) is 3.06. The van der Waals surface area contributed by atoms with Crippen molar-refractivity contribution in [2.24, 2.45) is 0 Å². The number of carbonyl (C=O) groups excluding carboxylic acids is 1. The van der Waals surface area contributed by atoms with Gasteiger partial charge in [0.2, 0.25) is 0 Å². The van der Waals surface area contributed by atoms with Crippen LogP contribution in [0, 0.1) is 13.8 Å². The maximum atomic E-state index is 12.4. The summed E-state index contributed by atoms with van der Waals surface area (Å²) in [7, 11) is 0. The van der Waals surface area contributed by atoms with Crippen LogP contribution in [-0.2, 0) is 0 Å². The first-order valence-electron chi connectivity index (χ1n) is 7.57. The van der Waals surface area contributed by atoms with E-state index in [0.717, 1.165) is 29.1 Å². The molecule has 1 saturated carbocycles. The molecule has 1 aliphatic rings. The van der Waals surface area contributed by atoms with Gasteiger partial charge in [0.05, 0.1) is 17.8 Å². The van der Waals surface area contributed by atoms with Crippen molar-refractivity contribution in [1.29, 1.82) is 0 Å². The van der Waals surface area contributed by atoms with Crippen molar-refractivity contribution < 1.29 is 4.79 Å². The van der Waals surface area contributed by atoms with E-state index in [9.17, 15) is 4.79 Å². The summed E-state index contributed by atoms with van der Waals surface area (Å²) in [4.78, 5) is 14.7. The Morgan fingerprint density at radius 1 is 1.33 bits per heavy atom. The fraction of sp³-hybridized carbons (Fsp3) is 0.500. The van der Waals surface area contributed by atoms with Crippen LogP contribution in [0.15, 0.2) is 18.3 Å². The zero-order chi connectivity index (χ0) is 14.8. The highest BCUT2D eigenvalue weighted by molar-refractivity contribution is 7.12. The fourth-order valence-corrected chi connectivity index (χ4v) is 3.99. The van der Waals surface area contributed by atoms with E-state index >= 15 is 0 Å². The Balaban J connectivity index is 1.77. The highest BCUT2D eigenvalue weighted by Gasteiger charge is 2.20. The number of nitrogens with zero attached hydrogens (tertiary/aromatic N) is 2. The van der Waals surface area contributed by atoms with Crippen LogP contribution in [0.5, 0.6) is 0 Å². The lowest BCUT2D eigenvalue weighted by Crippen LogP contribution is -2.20. The number of thiophene rings is 1. The Kier molecular flexibility index (Phi) is 4.10. The number of aryl methyl sites for hydroxylation is 2. The molecule has 0 spiro atoms. The quantitative estimate of drug-likeness (QED) is 0.918. The van der Waals surface area contributed by atoms with Crippen LogP contribution in [0.3, 0.4) is 0 Å². The zero-order valence-electron chi connectivity index (χ0n) is 12.6. The smallest absolute Gasteiger partial charge is 0.257 e. The molecule has 2 aromatic rings. The number of amides is 1. The molecule has 0 radical (unpaired) electrons. The normalized spacial score (nSPS) is 16.1. The van der Waals surface area contributed by atoms with E-state index in [1.165, 1.54) is 24.1 Å². The van der Waals surface area contributed by atoms with Crippen LogP contribution in [0.2, 0.25) is 0 Å². The van der Waals surface area contributed by atoms with E-state index in [-0.39, 0.29) is 5.91 Å². The van der Waals surface area contributed by atoms with Crippen molar-refractivity contribution in [1.82, 2.24) is 9.78 Å². The number of anilines is 1. The standard InChI is InChI=1S/C16H21N3OS/c1-11-10-14(12(2)21-11)16(20)18-15-8-9-17-19(15)13-6-4-3-5-7-13/h8-10,13H,3-7H2,1-2H3,(H,18,20). The zero-order valence-corrected chi connectivity index (χ0v) is 13.4. The molecule has 0 saturated heterocycles. The van der Waals surface area contributed by atoms with E-state index in [1.54, 1.807) is 17.5 Å². The summed E-state index contributed by atoms with van der Waals surface area (Å²) in [6, 6.07) is 4.27. The Bertz CT molecular complexity index is 638. The van der Waals surface area contributed by atoms with E-state index < -0.39 is 0 Å². The van der Waals surface area contributed by atoms with Gasteiger partial charge in [-0.2, -0.15) is 5.10 Å². The van der Waals surface area contributed by atoms with Gasteiger partial charge >= 0.3 is 0 Å². The van der Waals surface area contributed by atoms with Gasteiger partial charge in [0.15, 0.2) is 0 Å². The van der Waals surface area contributed by atoms with E-state index in [2.05, 4.69) is 10.4 Å². The number of carbonyl (C=O) groups is 1. The number of hydrogen-bond donors (Lipinski definition) is 1.